The third-order valence-corrected chi connectivity index (χ3v) is 3.81. The molecule has 0 amide bonds. The number of aromatic nitrogens is 4. The summed E-state index contributed by atoms with van der Waals surface area (Å²) in [5.74, 6) is 2.54. The van der Waals surface area contributed by atoms with Crippen LogP contribution in [0.3, 0.4) is 0 Å². The summed E-state index contributed by atoms with van der Waals surface area (Å²) in [6.45, 7) is 2.97. The van der Waals surface area contributed by atoms with Crippen LogP contribution in [0.15, 0.2) is 30.3 Å². The maximum absolute atomic E-state index is 4.67. The van der Waals surface area contributed by atoms with Gasteiger partial charge in [-0.15, -0.1) is 0 Å². The van der Waals surface area contributed by atoms with E-state index in [1.807, 2.05) is 22.9 Å². The van der Waals surface area contributed by atoms with Crippen molar-refractivity contribution in [3.05, 3.63) is 36.0 Å². The Morgan fingerprint density at radius 2 is 2.20 bits per heavy atom. The van der Waals surface area contributed by atoms with Crippen LogP contribution in [0.2, 0.25) is 0 Å². The summed E-state index contributed by atoms with van der Waals surface area (Å²) in [6, 6.07) is 10.3. The zero-order chi connectivity index (χ0) is 13.5. The molecule has 5 heteroatoms. The smallest absolute Gasteiger partial charge is 0.161 e. The van der Waals surface area contributed by atoms with Crippen molar-refractivity contribution in [1.29, 1.82) is 0 Å². The SMILES string of the molecule is CCn1nc(C2CC2)cc1Nc1n[nH]c2ccccc12. The van der Waals surface area contributed by atoms with Crippen LogP contribution in [0.4, 0.5) is 11.6 Å². The Kier molecular flexibility index (Phi) is 2.52. The van der Waals surface area contributed by atoms with Gasteiger partial charge in [0.1, 0.15) is 5.82 Å². The first-order valence-electron chi connectivity index (χ1n) is 7.13. The summed E-state index contributed by atoms with van der Waals surface area (Å²) in [6.07, 6.45) is 2.54. The van der Waals surface area contributed by atoms with Crippen LogP contribution in [-0.4, -0.2) is 20.0 Å². The molecule has 20 heavy (non-hydrogen) atoms. The number of hydrogen-bond donors (Lipinski definition) is 2. The first-order valence-corrected chi connectivity index (χ1v) is 7.13. The van der Waals surface area contributed by atoms with Gasteiger partial charge in [0.15, 0.2) is 5.82 Å². The second kappa shape index (κ2) is 4.37. The lowest BCUT2D eigenvalue weighted by atomic mass is 10.2. The molecule has 4 rings (SSSR count). The van der Waals surface area contributed by atoms with Crippen LogP contribution in [0.5, 0.6) is 0 Å². The molecule has 5 nitrogen and oxygen atoms in total. The van der Waals surface area contributed by atoms with Crippen molar-refractivity contribution in [2.45, 2.75) is 32.2 Å². The number of aryl methyl sites for hydroxylation is 1. The number of rotatable bonds is 4. The molecule has 0 radical (unpaired) electrons. The van der Waals surface area contributed by atoms with E-state index in [9.17, 15) is 0 Å². The van der Waals surface area contributed by atoms with Crippen LogP contribution in [0, 0.1) is 0 Å². The van der Waals surface area contributed by atoms with Gasteiger partial charge in [0, 0.05) is 23.9 Å². The van der Waals surface area contributed by atoms with E-state index in [0.717, 1.165) is 29.1 Å². The lowest BCUT2D eigenvalue weighted by molar-refractivity contribution is 0.655. The van der Waals surface area contributed by atoms with Gasteiger partial charge in [-0.3, -0.25) is 5.10 Å². The number of aromatic amines is 1. The minimum atomic E-state index is 0.666. The van der Waals surface area contributed by atoms with Crippen LogP contribution >= 0.6 is 0 Å². The van der Waals surface area contributed by atoms with Crippen LogP contribution in [0.25, 0.3) is 10.9 Å². The maximum atomic E-state index is 4.67. The average Bonchev–Trinajstić information content (AvgIpc) is 3.14. The Hall–Kier alpha value is -2.30. The van der Waals surface area contributed by atoms with E-state index in [-0.39, 0.29) is 0 Å². The van der Waals surface area contributed by atoms with E-state index in [1.165, 1.54) is 18.5 Å². The van der Waals surface area contributed by atoms with E-state index in [1.54, 1.807) is 0 Å². The van der Waals surface area contributed by atoms with Gasteiger partial charge in [0.2, 0.25) is 0 Å². The summed E-state index contributed by atoms with van der Waals surface area (Å²) >= 11 is 0. The topological polar surface area (TPSA) is 58.5 Å². The van der Waals surface area contributed by atoms with Crippen molar-refractivity contribution >= 4 is 22.5 Å². The average molecular weight is 267 g/mol. The molecule has 102 valence electrons. The normalized spacial score (nSPS) is 14.8. The Morgan fingerprint density at radius 1 is 1.35 bits per heavy atom. The van der Waals surface area contributed by atoms with Crippen LogP contribution in [0.1, 0.15) is 31.4 Å². The molecule has 2 heterocycles. The molecule has 1 saturated carbocycles. The molecule has 3 aromatic rings. The summed E-state index contributed by atoms with van der Waals surface area (Å²) in [4.78, 5) is 0. The van der Waals surface area contributed by atoms with Crippen molar-refractivity contribution in [2.24, 2.45) is 0 Å². The summed E-state index contributed by atoms with van der Waals surface area (Å²) < 4.78 is 2.01. The predicted octanol–water partition coefficient (Wildman–Crippen LogP) is 3.40. The van der Waals surface area contributed by atoms with E-state index in [0.29, 0.717) is 5.92 Å². The van der Waals surface area contributed by atoms with Crippen molar-refractivity contribution < 1.29 is 0 Å². The second-order valence-corrected chi connectivity index (χ2v) is 5.29. The van der Waals surface area contributed by atoms with Crippen molar-refractivity contribution in [1.82, 2.24) is 20.0 Å². The third kappa shape index (κ3) is 1.86. The molecule has 1 aliphatic carbocycles. The number of fused-ring (bicyclic) bond motifs is 1. The highest BCUT2D eigenvalue weighted by atomic mass is 15.3. The third-order valence-electron chi connectivity index (χ3n) is 3.81. The number of hydrogen-bond acceptors (Lipinski definition) is 3. The van der Waals surface area contributed by atoms with Gasteiger partial charge in [-0.2, -0.15) is 10.2 Å². The fourth-order valence-corrected chi connectivity index (χ4v) is 2.54. The first-order chi connectivity index (χ1) is 9.85. The molecule has 0 unspecified atom stereocenters. The molecule has 0 aliphatic heterocycles. The Balaban J connectivity index is 1.71. The van der Waals surface area contributed by atoms with E-state index < -0.39 is 0 Å². The number of anilines is 2. The molecule has 2 aromatic heterocycles. The van der Waals surface area contributed by atoms with Crippen molar-refractivity contribution in [3.63, 3.8) is 0 Å². The standard InChI is InChI=1S/C15H17N5/c1-2-20-14(9-13(19-20)10-7-8-10)16-15-11-5-3-4-6-12(11)17-18-15/h3-6,9-10H,2,7-8H2,1H3,(H2,16,17,18). The zero-order valence-corrected chi connectivity index (χ0v) is 11.4. The van der Waals surface area contributed by atoms with Gasteiger partial charge in [0.05, 0.1) is 11.2 Å². The fourth-order valence-electron chi connectivity index (χ4n) is 2.54. The Bertz CT molecular complexity index is 751. The minimum absolute atomic E-state index is 0.666. The lowest BCUT2D eigenvalue weighted by Gasteiger charge is -2.05. The molecule has 1 fully saturated rings. The Morgan fingerprint density at radius 3 is 3.00 bits per heavy atom. The summed E-state index contributed by atoms with van der Waals surface area (Å²) in [5, 5.41) is 16.6. The molecule has 0 atom stereocenters. The molecule has 0 bridgehead atoms. The number of H-pyrrole nitrogens is 1. The second-order valence-electron chi connectivity index (χ2n) is 5.29. The first kappa shape index (κ1) is 11.5. The molecule has 1 aliphatic rings. The lowest BCUT2D eigenvalue weighted by Crippen LogP contribution is -2.03. The monoisotopic (exact) mass is 267 g/mol. The fraction of sp³-hybridized carbons (Fsp3) is 0.333. The summed E-state index contributed by atoms with van der Waals surface area (Å²) in [5.41, 5.74) is 2.24. The molecular formula is C15H17N5. The van der Waals surface area contributed by atoms with Crippen molar-refractivity contribution in [2.75, 3.05) is 5.32 Å². The van der Waals surface area contributed by atoms with Gasteiger partial charge in [-0.1, -0.05) is 12.1 Å². The van der Waals surface area contributed by atoms with E-state index in [2.05, 4.69) is 39.7 Å². The van der Waals surface area contributed by atoms with Gasteiger partial charge < -0.3 is 5.32 Å². The minimum Gasteiger partial charge on any atom is -0.323 e. The number of nitrogens with one attached hydrogen (secondary N) is 2. The van der Waals surface area contributed by atoms with Gasteiger partial charge in [0.25, 0.3) is 0 Å². The molecule has 0 spiro atoms. The largest absolute Gasteiger partial charge is 0.323 e. The molecular weight excluding hydrogens is 250 g/mol. The van der Waals surface area contributed by atoms with Crippen LogP contribution < -0.4 is 5.32 Å². The predicted molar refractivity (Wildman–Crippen MR) is 79.3 cm³/mol. The highest BCUT2D eigenvalue weighted by molar-refractivity contribution is 5.91. The highest BCUT2D eigenvalue weighted by Gasteiger charge is 2.27. The molecule has 1 aromatic carbocycles. The van der Waals surface area contributed by atoms with Gasteiger partial charge >= 0.3 is 0 Å². The van der Waals surface area contributed by atoms with E-state index >= 15 is 0 Å². The van der Waals surface area contributed by atoms with E-state index in [4.69, 9.17) is 0 Å². The van der Waals surface area contributed by atoms with Crippen LogP contribution in [-0.2, 0) is 6.54 Å². The quantitative estimate of drug-likeness (QED) is 0.761. The molecule has 2 N–H and O–H groups in total. The van der Waals surface area contributed by atoms with Gasteiger partial charge in [-0.05, 0) is 31.9 Å². The number of nitrogens with zero attached hydrogens (tertiary/aromatic N) is 3. The summed E-state index contributed by atoms with van der Waals surface area (Å²) in [7, 11) is 0. The highest BCUT2D eigenvalue weighted by Crippen LogP contribution is 2.40. The molecule has 0 saturated heterocycles. The zero-order valence-electron chi connectivity index (χ0n) is 11.4. The number of benzene rings is 1. The maximum Gasteiger partial charge on any atom is 0.161 e. The van der Waals surface area contributed by atoms with Crippen molar-refractivity contribution in [3.8, 4) is 0 Å². The van der Waals surface area contributed by atoms with Gasteiger partial charge in [-0.25, -0.2) is 4.68 Å². The number of para-hydroxylation sites is 1. The Labute approximate surface area is 117 Å².